The summed E-state index contributed by atoms with van der Waals surface area (Å²) in [6.07, 6.45) is 0.758. The van der Waals surface area contributed by atoms with Crippen LogP contribution in [0.15, 0.2) is 22.7 Å². The molecule has 0 radical (unpaired) electrons. The lowest BCUT2D eigenvalue weighted by Gasteiger charge is -1.98. The molecule has 3 nitrogen and oxygen atoms in total. The van der Waals surface area contributed by atoms with Crippen molar-refractivity contribution in [3.8, 4) is 11.5 Å². The molecule has 1 heterocycles. The van der Waals surface area contributed by atoms with Crippen LogP contribution in [0.3, 0.4) is 0 Å². The van der Waals surface area contributed by atoms with Crippen LogP contribution in [-0.4, -0.2) is 10.1 Å². The number of halogens is 3. The van der Waals surface area contributed by atoms with Crippen molar-refractivity contribution in [3.05, 3.63) is 32.6 Å². The van der Waals surface area contributed by atoms with Crippen LogP contribution in [0.4, 0.5) is 0 Å². The molecule has 6 heteroatoms. The summed E-state index contributed by atoms with van der Waals surface area (Å²) >= 11 is 14.2. The summed E-state index contributed by atoms with van der Waals surface area (Å²) in [5, 5.41) is 4.30. The normalized spacial score (nSPS) is 12.7. The van der Waals surface area contributed by atoms with Crippen molar-refractivity contribution in [2.45, 2.75) is 18.7 Å². The number of aromatic nitrogens is 2. The minimum atomic E-state index is -0.216. The Kier molecular flexibility index (Phi) is 4.27. The van der Waals surface area contributed by atoms with Crippen LogP contribution < -0.4 is 0 Å². The van der Waals surface area contributed by atoms with Crippen molar-refractivity contribution in [3.63, 3.8) is 0 Å². The van der Waals surface area contributed by atoms with Gasteiger partial charge in [-0.15, -0.1) is 11.6 Å². The predicted octanol–water partition coefficient (Wildman–Crippen LogP) is 4.68. The molecule has 17 heavy (non-hydrogen) atoms. The van der Waals surface area contributed by atoms with Gasteiger partial charge in [-0.2, -0.15) is 4.98 Å². The summed E-state index contributed by atoms with van der Waals surface area (Å²) < 4.78 is 6.14. The van der Waals surface area contributed by atoms with E-state index in [1.54, 1.807) is 6.07 Å². The minimum Gasteiger partial charge on any atom is -0.334 e. The smallest absolute Gasteiger partial charge is 0.258 e. The molecular formula is C11H9Cl2IN2O. The molecule has 0 aliphatic heterocycles. The minimum absolute atomic E-state index is 0.216. The van der Waals surface area contributed by atoms with Gasteiger partial charge in [0.2, 0.25) is 0 Å². The Morgan fingerprint density at radius 1 is 1.47 bits per heavy atom. The standard InChI is InChI=1S/C11H9Cl2IN2O/c1-2-7(12)10-15-11(17-16-10)6-3-4-9(14)8(13)5-6/h3-5,7H,2H2,1H3. The fraction of sp³-hybridized carbons (Fsp3) is 0.273. The van der Waals surface area contributed by atoms with Gasteiger partial charge in [0.25, 0.3) is 5.89 Å². The first-order valence-electron chi connectivity index (χ1n) is 5.05. The second kappa shape index (κ2) is 5.54. The Morgan fingerprint density at radius 2 is 2.24 bits per heavy atom. The van der Waals surface area contributed by atoms with Crippen LogP contribution in [0, 0.1) is 3.57 Å². The van der Waals surface area contributed by atoms with Gasteiger partial charge in [0.1, 0.15) is 0 Å². The van der Waals surface area contributed by atoms with Gasteiger partial charge >= 0.3 is 0 Å². The molecule has 0 saturated carbocycles. The van der Waals surface area contributed by atoms with Gasteiger partial charge in [0.05, 0.1) is 10.4 Å². The number of nitrogens with zero attached hydrogens (tertiary/aromatic N) is 2. The SMILES string of the molecule is CCC(Cl)c1noc(-c2ccc(I)c(Cl)c2)n1. The topological polar surface area (TPSA) is 38.9 Å². The zero-order valence-corrected chi connectivity index (χ0v) is 12.6. The molecule has 0 saturated heterocycles. The molecule has 0 amide bonds. The Morgan fingerprint density at radius 3 is 2.88 bits per heavy atom. The quantitative estimate of drug-likeness (QED) is 0.571. The molecule has 0 bridgehead atoms. The van der Waals surface area contributed by atoms with Gasteiger partial charge in [0.15, 0.2) is 5.82 Å². The molecule has 1 unspecified atom stereocenters. The predicted molar refractivity (Wildman–Crippen MR) is 76.3 cm³/mol. The van der Waals surface area contributed by atoms with Crippen LogP contribution in [-0.2, 0) is 0 Å². The number of alkyl halides is 1. The molecule has 0 spiro atoms. The van der Waals surface area contributed by atoms with Crippen LogP contribution in [0.5, 0.6) is 0 Å². The van der Waals surface area contributed by atoms with Gasteiger partial charge in [-0.05, 0) is 47.2 Å². The highest BCUT2D eigenvalue weighted by molar-refractivity contribution is 14.1. The summed E-state index contributed by atoms with van der Waals surface area (Å²) in [5.74, 6) is 0.955. The van der Waals surface area contributed by atoms with E-state index in [-0.39, 0.29) is 5.38 Å². The second-order valence-electron chi connectivity index (χ2n) is 3.46. The lowest BCUT2D eigenvalue weighted by molar-refractivity contribution is 0.421. The highest BCUT2D eigenvalue weighted by atomic mass is 127. The van der Waals surface area contributed by atoms with E-state index < -0.39 is 0 Å². The highest BCUT2D eigenvalue weighted by Crippen LogP contribution is 2.28. The second-order valence-corrected chi connectivity index (χ2v) is 5.56. The van der Waals surface area contributed by atoms with E-state index in [9.17, 15) is 0 Å². The zero-order chi connectivity index (χ0) is 12.4. The Labute approximate surface area is 123 Å². The molecule has 0 fully saturated rings. The van der Waals surface area contributed by atoms with Gasteiger partial charge < -0.3 is 4.52 Å². The molecule has 1 atom stereocenters. The highest BCUT2D eigenvalue weighted by Gasteiger charge is 2.15. The molecule has 1 aromatic carbocycles. The molecule has 0 aliphatic carbocycles. The maximum atomic E-state index is 6.04. The maximum Gasteiger partial charge on any atom is 0.258 e. The number of hydrogen-bond donors (Lipinski definition) is 0. The average molecular weight is 383 g/mol. The van der Waals surface area contributed by atoms with E-state index in [1.807, 2.05) is 19.1 Å². The van der Waals surface area contributed by atoms with Crippen molar-refractivity contribution in [2.75, 3.05) is 0 Å². The third kappa shape index (κ3) is 2.92. The van der Waals surface area contributed by atoms with Crippen LogP contribution in [0.2, 0.25) is 5.02 Å². The maximum absolute atomic E-state index is 6.04. The van der Waals surface area contributed by atoms with Gasteiger partial charge in [-0.3, -0.25) is 0 Å². The largest absolute Gasteiger partial charge is 0.334 e. The van der Waals surface area contributed by atoms with E-state index in [0.717, 1.165) is 15.6 Å². The average Bonchev–Trinajstić information content (AvgIpc) is 2.81. The first kappa shape index (κ1) is 13.1. The third-order valence-electron chi connectivity index (χ3n) is 2.25. The monoisotopic (exact) mass is 382 g/mol. The molecule has 0 aliphatic rings. The fourth-order valence-electron chi connectivity index (χ4n) is 1.29. The molecule has 0 N–H and O–H groups in total. The van der Waals surface area contributed by atoms with Crippen LogP contribution in [0.1, 0.15) is 24.5 Å². The summed E-state index contributed by atoms with van der Waals surface area (Å²) in [4.78, 5) is 4.25. The zero-order valence-electron chi connectivity index (χ0n) is 8.95. The number of rotatable bonds is 3. The Balaban J connectivity index is 2.33. The molecule has 2 rings (SSSR count). The molecule has 2 aromatic rings. The number of benzene rings is 1. The van der Waals surface area contributed by atoms with E-state index in [2.05, 4.69) is 32.7 Å². The van der Waals surface area contributed by atoms with E-state index in [1.165, 1.54) is 0 Å². The first-order valence-corrected chi connectivity index (χ1v) is 6.94. The van der Waals surface area contributed by atoms with Gasteiger partial charge in [-0.1, -0.05) is 23.7 Å². The summed E-state index contributed by atoms with van der Waals surface area (Å²) in [6, 6.07) is 5.59. The lowest BCUT2D eigenvalue weighted by atomic mass is 10.2. The van der Waals surface area contributed by atoms with Gasteiger partial charge in [0, 0.05) is 9.13 Å². The lowest BCUT2D eigenvalue weighted by Crippen LogP contribution is -1.90. The molecule has 90 valence electrons. The fourth-order valence-corrected chi connectivity index (χ4v) is 1.90. The summed E-state index contributed by atoms with van der Waals surface area (Å²) in [5.41, 5.74) is 0.800. The number of hydrogen-bond acceptors (Lipinski definition) is 3. The van der Waals surface area contributed by atoms with Crippen molar-refractivity contribution >= 4 is 45.8 Å². The first-order chi connectivity index (χ1) is 8.11. The van der Waals surface area contributed by atoms with Crippen molar-refractivity contribution < 1.29 is 4.52 Å². The van der Waals surface area contributed by atoms with Crippen molar-refractivity contribution in [1.29, 1.82) is 0 Å². The van der Waals surface area contributed by atoms with Crippen LogP contribution >= 0.6 is 45.8 Å². The Hall–Kier alpha value is -0.330. The van der Waals surface area contributed by atoms with Crippen LogP contribution in [0.25, 0.3) is 11.5 Å². The van der Waals surface area contributed by atoms with Gasteiger partial charge in [-0.25, -0.2) is 0 Å². The van der Waals surface area contributed by atoms with Crippen molar-refractivity contribution in [1.82, 2.24) is 10.1 Å². The van der Waals surface area contributed by atoms with Crippen molar-refractivity contribution in [2.24, 2.45) is 0 Å². The van der Waals surface area contributed by atoms with E-state index in [0.29, 0.717) is 16.7 Å². The Bertz CT molecular complexity index is 530. The third-order valence-corrected chi connectivity index (χ3v) is 4.32. The van der Waals surface area contributed by atoms with E-state index in [4.69, 9.17) is 27.7 Å². The van der Waals surface area contributed by atoms with E-state index >= 15 is 0 Å². The summed E-state index contributed by atoms with van der Waals surface area (Å²) in [7, 11) is 0. The molecular weight excluding hydrogens is 374 g/mol. The summed E-state index contributed by atoms with van der Waals surface area (Å²) in [6.45, 7) is 1.97. The molecule has 1 aromatic heterocycles.